The maximum Gasteiger partial charge on any atom is 0.124 e. The summed E-state index contributed by atoms with van der Waals surface area (Å²) in [6, 6.07) is 9.01. The summed E-state index contributed by atoms with van der Waals surface area (Å²) in [5.74, 6) is 1.95. The van der Waals surface area contributed by atoms with Crippen LogP contribution in [0.2, 0.25) is 0 Å². The van der Waals surface area contributed by atoms with Gasteiger partial charge >= 0.3 is 0 Å². The number of para-hydroxylation sites is 1. The highest BCUT2D eigenvalue weighted by atomic mass is 16.5. The van der Waals surface area contributed by atoms with Gasteiger partial charge < -0.3 is 10.1 Å². The van der Waals surface area contributed by atoms with Crippen molar-refractivity contribution in [1.82, 2.24) is 5.32 Å². The van der Waals surface area contributed by atoms with Crippen molar-refractivity contribution in [3.05, 3.63) is 29.8 Å². The highest BCUT2D eigenvalue weighted by Gasteiger charge is 2.21. The molecule has 118 valence electrons. The molecule has 2 rings (SSSR count). The van der Waals surface area contributed by atoms with Crippen LogP contribution in [0.4, 0.5) is 0 Å². The third kappa shape index (κ3) is 5.03. The van der Waals surface area contributed by atoms with Gasteiger partial charge in [0.1, 0.15) is 5.75 Å². The van der Waals surface area contributed by atoms with Gasteiger partial charge in [-0.1, -0.05) is 64.2 Å². The molecular formula is C19H31NO. The Hall–Kier alpha value is -1.02. The van der Waals surface area contributed by atoms with Crippen LogP contribution in [0.25, 0.3) is 0 Å². The monoisotopic (exact) mass is 289 g/mol. The maximum absolute atomic E-state index is 5.96. The fraction of sp³-hybridized carbons (Fsp3) is 0.684. The zero-order chi connectivity index (χ0) is 14.9. The minimum atomic E-state index is 0.436. The molecule has 0 heterocycles. The lowest BCUT2D eigenvalue weighted by molar-refractivity contribution is 0.285. The van der Waals surface area contributed by atoms with E-state index in [2.05, 4.69) is 43.4 Å². The van der Waals surface area contributed by atoms with Crippen molar-refractivity contribution in [2.75, 3.05) is 13.2 Å². The highest BCUT2D eigenvalue weighted by molar-refractivity contribution is 5.36. The number of ether oxygens (including phenoxy) is 1. The summed E-state index contributed by atoms with van der Waals surface area (Å²) >= 11 is 0. The molecule has 1 saturated carbocycles. The van der Waals surface area contributed by atoms with Crippen molar-refractivity contribution in [1.29, 1.82) is 0 Å². The molecule has 0 bridgehead atoms. The Morgan fingerprint density at radius 2 is 1.90 bits per heavy atom. The number of nitrogens with one attached hydrogen (secondary N) is 1. The third-order valence-corrected chi connectivity index (χ3v) is 4.50. The molecule has 1 N–H and O–H groups in total. The summed E-state index contributed by atoms with van der Waals surface area (Å²) in [6.45, 7) is 6.18. The van der Waals surface area contributed by atoms with Gasteiger partial charge in [0.2, 0.25) is 0 Å². The van der Waals surface area contributed by atoms with E-state index in [-0.39, 0.29) is 0 Å². The molecule has 1 fully saturated rings. The van der Waals surface area contributed by atoms with Crippen molar-refractivity contribution >= 4 is 0 Å². The normalized spacial score (nSPS) is 17.6. The molecule has 1 aliphatic rings. The van der Waals surface area contributed by atoms with Gasteiger partial charge in [0.15, 0.2) is 0 Å². The molecule has 1 aromatic carbocycles. The van der Waals surface area contributed by atoms with E-state index in [0.717, 1.165) is 31.2 Å². The minimum Gasteiger partial charge on any atom is -0.493 e. The van der Waals surface area contributed by atoms with Crippen LogP contribution in [-0.4, -0.2) is 13.2 Å². The minimum absolute atomic E-state index is 0.436. The predicted octanol–water partition coefficient (Wildman–Crippen LogP) is 5.10. The highest BCUT2D eigenvalue weighted by Crippen LogP contribution is 2.35. The van der Waals surface area contributed by atoms with Gasteiger partial charge in [-0.15, -0.1) is 0 Å². The summed E-state index contributed by atoms with van der Waals surface area (Å²) in [5, 5.41) is 3.68. The fourth-order valence-electron chi connectivity index (χ4n) is 3.43. The topological polar surface area (TPSA) is 21.3 Å². The van der Waals surface area contributed by atoms with Gasteiger partial charge in [0.25, 0.3) is 0 Å². The molecule has 0 spiro atoms. The smallest absolute Gasteiger partial charge is 0.124 e. The summed E-state index contributed by atoms with van der Waals surface area (Å²) in [5.41, 5.74) is 1.35. The van der Waals surface area contributed by atoms with Gasteiger partial charge in [0.05, 0.1) is 6.61 Å². The zero-order valence-corrected chi connectivity index (χ0v) is 13.7. The molecule has 0 amide bonds. The van der Waals surface area contributed by atoms with E-state index in [1.807, 2.05) is 0 Å². The maximum atomic E-state index is 5.96. The largest absolute Gasteiger partial charge is 0.493 e. The molecule has 2 heteroatoms. The van der Waals surface area contributed by atoms with E-state index in [9.17, 15) is 0 Å². The second-order valence-electron chi connectivity index (χ2n) is 6.24. The summed E-state index contributed by atoms with van der Waals surface area (Å²) < 4.78 is 5.96. The SMILES string of the molecule is CCCOc1ccccc1C(CC1CCCCC1)NCC. The van der Waals surface area contributed by atoms with Gasteiger partial charge in [0, 0.05) is 11.6 Å². The lowest BCUT2D eigenvalue weighted by Crippen LogP contribution is -2.25. The molecule has 1 aliphatic carbocycles. The molecule has 1 aromatic rings. The Kier molecular flexibility index (Phi) is 7.08. The Balaban J connectivity index is 2.08. The van der Waals surface area contributed by atoms with Crippen molar-refractivity contribution in [2.45, 2.75) is 64.8 Å². The van der Waals surface area contributed by atoms with Crippen molar-refractivity contribution in [3.63, 3.8) is 0 Å². The number of hydrogen-bond acceptors (Lipinski definition) is 2. The van der Waals surface area contributed by atoms with Gasteiger partial charge in [-0.2, -0.15) is 0 Å². The Morgan fingerprint density at radius 1 is 1.14 bits per heavy atom. The fourth-order valence-corrected chi connectivity index (χ4v) is 3.43. The van der Waals surface area contributed by atoms with Crippen LogP contribution in [0, 0.1) is 5.92 Å². The standard InChI is InChI=1S/C19H31NO/c1-3-14-21-19-13-9-8-12-17(19)18(20-4-2)15-16-10-6-5-7-11-16/h8-9,12-13,16,18,20H,3-7,10-11,14-15H2,1-2H3. The van der Waals surface area contributed by atoms with E-state index in [1.165, 1.54) is 44.1 Å². The van der Waals surface area contributed by atoms with Crippen LogP contribution >= 0.6 is 0 Å². The first-order valence-electron chi connectivity index (χ1n) is 8.80. The first kappa shape index (κ1) is 16.4. The second-order valence-corrected chi connectivity index (χ2v) is 6.24. The quantitative estimate of drug-likeness (QED) is 0.719. The van der Waals surface area contributed by atoms with E-state index < -0.39 is 0 Å². The van der Waals surface area contributed by atoms with E-state index in [4.69, 9.17) is 4.74 Å². The predicted molar refractivity (Wildman–Crippen MR) is 89.8 cm³/mol. The lowest BCUT2D eigenvalue weighted by atomic mass is 9.83. The number of benzene rings is 1. The number of rotatable bonds is 8. The van der Waals surface area contributed by atoms with Gasteiger partial charge in [-0.05, 0) is 31.4 Å². The average Bonchev–Trinajstić information content (AvgIpc) is 2.54. The molecule has 0 radical (unpaired) electrons. The van der Waals surface area contributed by atoms with Crippen LogP contribution in [0.3, 0.4) is 0 Å². The first-order valence-corrected chi connectivity index (χ1v) is 8.80. The Morgan fingerprint density at radius 3 is 2.62 bits per heavy atom. The van der Waals surface area contributed by atoms with E-state index in [1.54, 1.807) is 0 Å². The summed E-state index contributed by atoms with van der Waals surface area (Å²) in [4.78, 5) is 0. The average molecular weight is 289 g/mol. The van der Waals surface area contributed by atoms with Gasteiger partial charge in [-0.25, -0.2) is 0 Å². The van der Waals surface area contributed by atoms with Crippen molar-refractivity contribution in [2.24, 2.45) is 5.92 Å². The molecule has 0 aromatic heterocycles. The molecule has 2 nitrogen and oxygen atoms in total. The van der Waals surface area contributed by atoms with Crippen LogP contribution in [0.5, 0.6) is 5.75 Å². The van der Waals surface area contributed by atoms with Crippen LogP contribution in [0.15, 0.2) is 24.3 Å². The van der Waals surface area contributed by atoms with Gasteiger partial charge in [-0.3, -0.25) is 0 Å². The lowest BCUT2D eigenvalue weighted by Gasteiger charge is -2.28. The molecule has 0 saturated heterocycles. The van der Waals surface area contributed by atoms with Crippen molar-refractivity contribution in [3.8, 4) is 5.75 Å². The molecule has 0 aliphatic heterocycles. The Bertz CT molecular complexity index is 398. The molecule has 21 heavy (non-hydrogen) atoms. The Labute approximate surface area is 130 Å². The second kappa shape index (κ2) is 9.09. The van der Waals surface area contributed by atoms with E-state index in [0.29, 0.717) is 6.04 Å². The summed E-state index contributed by atoms with van der Waals surface area (Å²) in [7, 11) is 0. The van der Waals surface area contributed by atoms with Crippen LogP contribution in [-0.2, 0) is 0 Å². The zero-order valence-electron chi connectivity index (χ0n) is 13.7. The van der Waals surface area contributed by atoms with Crippen LogP contribution < -0.4 is 10.1 Å². The van der Waals surface area contributed by atoms with Crippen molar-refractivity contribution < 1.29 is 4.74 Å². The molecular weight excluding hydrogens is 258 g/mol. The molecule has 1 atom stereocenters. The third-order valence-electron chi connectivity index (χ3n) is 4.50. The van der Waals surface area contributed by atoms with Crippen LogP contribution in [0.1, 0.15) is 70.4 Å². The number of hydrogen-bond donors (Lipinski definition) is 1. The van der Waals surface area contributed by atoms with E-state index >= 15 is 0 Å². The summed E-state index contributed by atoms with van der Waals surface area (Å²) in [6.07, 6.45) is 9.37. The molecule has 1 unspecified atom stereocenters. The first-order chi connectivity index (χ1) is 10.3.